The molecule has 0 unspecified atom stereocenters. The minimum atomic E-state index is -0.376. The molecule has 2 amide bonds. The number of likely N-dealkylation sites (tertiary alicyclic amines) is 1. The molecule has 30 heavy (non-hydrogen) atoms. The standard InChI is InChI=1S/C23H27N3O4/c1-2-30-23(29)18-8-10-20(11-9-18)24-21(27)16-26-14-12-17(13-15-26)22(28)25-19-6-4-3-5-7-19/h3-11,17H,2,12-16H2,1H3,(H,24,27)(H,25,28)/p+1. The fourth-order valence-corrected chi connectivity index (χ4v) is 3.57. The van der Waals surface area contributed by atoms with Crippen molar-refractivity contribution in [1.82, 2.24) is 0 Å². The third kappa shape index (κ3) is 6.15. The highest BCUT2D eigenvalue weighted by atomic mass is 16.5. The van der Waals surface area contributed by atoms with Crippen LogP contribution >= 0.6 is 0 Å². The molecule has 7 heteroatoms. The number of hydrogen-bond donors (Lipinski definition) is 3. The van der Waals surface area contributed by atoms with E-state index in [1.54, 1.807) is 31.2 Å². The van der Waals surface area contributed by atoms with Gasteiger partial charge in [0.1, 0.15) is 0 Å². The molecule has 0 atom stereocenters. The van der Waals surface area contributed by atoms with Crippen molar-refractivity contribution in [1.29, 1.82) is 0 Å². The molecular formula is C23H28N3O4+. The van der Waals surface area contributed by atoms with Crippen molar-refractivity contribution in [3.8, 4) is 0 Å². The SMILES string of the molecule is CCOC(=O)c1ccc(NC(=O)C[NH+]2CCC(C(=O)Nc3ccccc3)CC2)cc1. The Labute approximate surface area is 176 Å². The van der Waals surface area contributed by atoms with Crippen molar-refractivity contribution < 1.29 is 24.0 Å². The predicted octanol–water partition coefficient (Wildman–Crippen LogP) is 1.74. The number of para-hydroxylation sites is 1. The number of piperidine rings is 1. The van der Waals surface area contributed by atoms with E-state index in [9.17, 15) is 14.4 Å². The lowest BCUT2D eigenvalue weighted by Crippen LogP contribution is -3.14. The van der Waals surface area contributed by atoms with Gasteiger partial charge < -0.3 is 20.3 Å². The van der Waals surface area contributed by atoms with E-state index in [0.717, 1.165) is 31.6 Å². The molecule has 2 aromatic rings. The highest BCUT2D eigenvalue weighted by Crippen LogP contribution is 2.14. The largest absolute Gasteiger partial charge is 0.462 e. The lowest BCUT2D eigenvalue weighted by Gasteiger charge is -2.28. The summed E-state index contributed by atoms with van der Waals surface area (Å²) in [5.74, 6) is -0.432. The zero-order valence-corrected chi connectivity index (χ0v) is 17.1. The molecule has 0 aromatic heterocycles. The Morgan fingerprint density at radius 3 is 2.20 bits per heavy atom. The van der Waals surface area contributed by atoms with Crippen molar-refractivity contribution in [3.63, 3.8) is 0 Å². The molecule has 0 radical (unpaired) electrons. The third-order valence-corrected chi connectivity index (χ3v) is 5.20. The van der Waals surface area contributed by atoms with Crippen LogP contribution in [0.5, 0.6) is 0 Å². The van der Waals surface area contributed by atoms with Crippen LogP contribution in [0.15, 0.2) is 54.6 Å². The maximum atomic E-state index is 12.4. The van der Waals surface area contributed by atoms with Crippen LogP contribution in [0.4, 0.5) is 11.4 Å². The molecular weight excluding hydrogens is 382 g/mol. The van der Waals surface area contributed by atoms with Gasteiger partial charge in [0, 0.05) is 30.1 Å². The topological polar surface area (TPSA) is 88.9 Å². The average molecular weight is 410 g/mol. The summed E-state index contributed by atoms with van der Waals surface area (Å²) in [5.41, 5.74) is 1.91. The van der Waals surface area contributed by atoms with E-state index >= 15 is 0 Å². The fourth-order valence-electron chi connectivity index (χ4n) is 3.57. The van der Waals surface area contributed by atoms with Crippen molar-refractivity contribution >= 4 is 29.2 Å². The van der Waals surface area contributed by atoms with Gasteiger partial charge >= 0.3 is 5.97 Å². The van der Waals surface area contributed by atoms with Gasteiger partial charge in [-0.25, -0.2) is 4.79 Å². The maximum absolute atomic E-state index is 12.4. The summed E-state index contributed by atoms with van der Waals surface area (Å²) < 4.78 is 4.95. The van der Waals surface area contributed by atoms with Crippen molar-refractivity contribution in [3.05, 3.63) is 60.2 Å². The first-order valence-corrected chi connectivity index (χ1v) is 10.3. The Hall–Kier alpha value is -3.19. The van der Waals surface area contributed by atoms with Crippen LogP contribution in [-0.4, -0.2) is 44.0 Å². The molecule has 0 aliphatic carbocycles. The predicted molar refractivity (Wildman–Crippen MR) is 114 cm³/mol. The van der Waals surface area contributed by atoms with E-state index in [2.05, 4.69) is 10.6 Å². The first kappa shape index (κ1) is 21.5. The second-order valence-corrected chi connectivity index (χ2v) is 7.40. The smallest absolute Gasteiger partial charge is 0.338 e. The molecule has 1 fully saturated rings. The zero-order valence-electron chi connectivity index (χ0n) is 17.1. The quantitative estimate of drug-likeness (QED) is 0.607. The number of benzene rings is 2. The summed E-state index contributed by atoms with van der Waals surface area (Å²) in [6, 6.07) is 16.1. The summed E-state index contributed by atoms with van der Waals surface area (Å²) in [6.45, 7) is 3.99. The molecule has 1 aliphatic heterocycles. The van der Waals surface area contributed by atoms with Gasteiger partial charge in [-0.2, -0.15) is 0 Å². The number of anilines is 2. The van der Waals surface area contributed by atoms with E-state index < -0.39 is 0 Å². The van der Waals surface area contributed by atoms with Gasteiger partial charge in [0.05, 0.1) is 25.3 Å². The first-order chi connectivity index (χ1) is 14.5. The molecule has 3 N–H and O–H groups in total. The summed E-state index contributed by atoms with van der Waals surface area (Å²) in [6.07, 6.45) is 1.52. The molecule has 3 rings (SSSR count). The summed E-state index contributed by atoms with van der Waals surface area (Å²) in [5, 5.41) is 5.82. The molecule has 7 nitrogen and oxygen atoms in total. The van der Waals surface area contributed by atoms with Crippen LogP contribution in [-0.2, 0) is 14.3 Å². The summed E-state index contributed by atoms with van der Waals surface area (Å²) in [4.78, 5) is 37.6. The maximum Gasteiger partial charge on any atom is 0.338 e. The van der Waals surface area contributed by atoms with Crippen LogP contribution < -0.4 is 15.5 Å². The Morgan fingerprint density at radius 2 is 1.57 bits per heavy atom. The number of carbonyl (C=O) groups excluding carboxylic acids is 3. The number of nitrogens with one attached hydrogen (secondary N) is 3. The first-order valence-electron chi connectivity index (χ1n) is 10.3. The van der Waals surface area contributed by atoms with Crippen molar-refractivity contribution in [2.75, 3.05) is 36.9 Å². The van der Waals surface area contributed by atoms with Gasteiger partial charge in [-0.3, -0.25) is 9.59 Å². The van der Waals surface area contributed by atoms with Gasteiger partial charge in [-0.05, 0) is 43.3 Å². The summed E-state index contributed by atoms with van der Waals surface area (Å²) >= 11 is 0. The highest BCUT2D eigenvalue weighted by molar-refractivity contribution is 5.94. The molecule has 158 valence electrons. The van der Waals surface area contributed by atoms with Crippen LogP contribution in [0.1, 0.15) is 30.1 Å². The van der Waals surface area contributed by atoms with Gasteiger partial charge in [-0.15, -0.1) is 0 Å². The number of hydrogen-bond acceptors (Lipinski definition) is 4. The number of quaternary nitrogens is 1. The number of ether oxygens (including phenoxy) is 1. The molecule has 0 bridgehead atoms. The summed E-state index contributed by atoms with van der Waals surface area (Å²) in [7, 11) is 0. The minimum absolute atomic E-state index is 0.0209. The lowest BCUT2D eigenvalue weighted by atomic mass is 9.96. The minimum Gasteiger partial charge on any atom is -0.462 e. The molecule has 0 saturated carbocycles. The van der Waals surface area contributed by atoms with Crippen molar-refractivity contribution in [2.45, 2.75) is 19.8 Å². The number of esters is 1. The molecule has 0 spiro atoms. The zero-order chi connectivity index (χ0) is 21.3. The van der Waals surface area contributed by atoms with Gasteiger partial charge in [-0.1, -0.05) is 18.2 Å². The van der Waals surface area contributed by atoms with E-state index in [1.807, 2.05) is 30.3 Å². The van der Waals surface area contributed by atoms with Crippen LogP contribution in [0.2, 0.25) is 0 Å². The van der Waals surface area contributed by atoms with Gasteiger partial charge in [0.15, 0.2) is 6.54 Å². The molecule has 1 aliphatic rings. The lowest BCUT2D eigenvalue weighted by molar-refractivity contribution is -0.897. The van der Waals surface area contributed by atoms with E-state index in [4.69, 9.17) is 4.74 Å². The highest BCUT2D eigenvalue weighted by Gasteiger charge is 2.28. The van der Waals surface area contributed by atoms with E-state index in [-0.39, 0.29) is 23.7 Å². The Balaban J connectivity index is 1.41. The fraction of sp³-hybridized carbons (Fsp3) is 0.348. The van der Waals surface area contributed by atoms with Crippen LogP contribution in [0.3, 0.4) is 0 Å². The number of amides is 2. The Morgan fingerprint density at radius 1 is 0.933 bits per heavy atom. The number of carbonyl (C=O) groups is 3. The van der Waals surface area contributed by atoms with Gasteiger partial charge in [0.25, 0.3) is 5.91 Å². The van der Waals surface area contributed by atoms with E-state index in [1.165, 1.54) is 4.90 Å². The van der Waals surface area contributed by atoms with Gasteiger partial charge in [0.2, 0.25) is 5.91 Å². The normalized spacial score (nSPS) is 18.3. The monoisotopic (exact) mass is 410 g/mol. The van der Waals surface area contributed by atoms with Crippen LogP contribution in [0, 0.1) is 5.92 Å². The van der Waals surface area contributed by atoms with E-state index in [0.29, 0.717) is 24.4 Å². The molecule has 1 heterocycles. The van der Waals surface area contributed by atoms with Crippen LogP contribution in [0.25, 0.3) is 0 Å². The Bertz CT molecular complexity index is 860. The molecule has 2 aromatic carbocycles. The Kier molecular flexibility index (Phi) is 7.57. The third-order valence-electron chi connectivity index (χ3n) is 5.20. The molecule has 1 saturated heterocycles. The average Bonchev–Trinajstić information content (AvgIpc) is 2.75. The number of rotatable bonds is 7. The second kappa shape index (κ2) is 10.5. The van der Waals surface area contributed by atoms with Crippen molar-refractivity contribution in [2.24, 2.45) is 5.92 Å². The second-order valence-electron chi connectivity index (χ2n) is 7.40.